The van der Waals surface area contributed by atoms with Crippen molar-refractivity contribution < 1.29 is 26.4 Å². The highest BCUT2D eigenvalue weighted by molar-refractivity contribution is 7.90. The third-order valence-electron chi connectivity index (χ3n) is 4.53. The second-order valence-electron chi connectivity index (χ2n) is 6.96. The van der Waals surface area contributed by atoms with Gasteiger partial charge in [-0.3, -0.25) is 4.79 Å². The Bertz CT molecular complexity index is 928. The van der Waals surface area contributed by atoms with Gasteiger partial charge in [0, 0.05) is 32.4 Å². The molecule has 3 aliphatic rings. The maximum Gasteiger partial charge on any atom is 0.256 e. The van der Waals surface area contributed by atoms with E-state index in [9.17, 15) is 21.6 Å². The van der Waals surface area contributed by atoms with Crippen LogP contribution in [0.2, 0.25) is 0 Å². The number of amidine groups is 1. The topological polar surface area (TPSA) is 125 Å². The highest BCUT2D eigenvalue weighted by atomic mass is 32.2. The van der Waals surface area contributed by atoms with Crippen molar-refractivity contribution in [1.29, 1.82) is 0 Å². The van der Waals surface area contributed by atoms with E-state index in [1.165, 1.54) is 10.4 Å². The van der Waals surface area contributed by atoms with Crippen molar-refractivity contribution in [2.24, 2.45) is 4.40 Å². The largest absolute Gasteiger partial charge is 0.373 e. The zero-order valence-electron chi connectivity index (χ0n) is 15.7. The summed E-state index contributed by atoms with van der Waals surface area (Å²) in [6, 6.07) is 0. The summed E-state index contributed by atoms with van der Waals surface area (Å²) in [6.45, 7) is 4.30. The summed E-state index contributed by atoms with van der Waals surface area (Å²) in [5, 5.41) is 2.55. The number of allylic oxidation sites excluding steroid dienone is 2. The second-order valence-corrected chi connectivity index (χ2v) is 10.8. The van der Waals surface area contributed by atoms with E-state index in [1.807, 2.05) is 13.8 Å². The molecule has 0 aromatic rings. The number of ether oxygens (including phenoxy) is 1. The van der Waals surface area contributed by atoms with Crippen LogP contribution in [-0.4, -0.2) is 87.7 Å². The molecule has 3 heterocycles. The van der Waals surface area contributed by atoms with E-state index in [-0.39, 0.29) is 61.3 Å². The fourth-order valence-electron chi connectivity index (χ4n) is 3.27. The molecule has 3 aliphatic heterocycles. The molecule has 3 rings (SSSR count). The summed E-state index contributed by atoms with van der Waals surface area (Å²) in [5.74, 6) is -0.880. The fourth-order valence-corrected chi connectivity index (χ4v) is 5.75. The van der Waals surface area contributed by atoms with Crippen molar-refractivity contribution in [3.63, 3.8) is 0 Å². The van der Waals surface area contributed by atoms with Crippen LogP contribution in [0.15, 0.2) is 28.3 Å². The molecule has 0 saturated carbocycles. The number of nitrogens with one attached hydrogen (secondary N) is 1. The lowest BCUT2D eigenvalue weighted by Crippen LogP contribution is -2.50. The van der Waals surface area contributed by atoms with Crippen LogP contribution in [0.25, 0.3) is 0 Å². The van der Waals surface area contributed by atoms with Crippen molar-refractivity contribution >= 4 is 31.8 Å². The van der Waals surface area contributed by atoms with Crippen LogP contribution >= 0.6 is 0 Å². The zero-order chi connectivity index (χ0) is 20.5. The highest BCUT2D eigenvalue weighted by Crippen LogP contribution is 2.18. The van der Waals surface area contributed by atoms with Gasteiger partial charge >= 0.3 is 0 Å². The van der Waals surface area contributed by atoms with Crippen LogP contribution in [0.4, 0.5) is 0 Å². The minimum Gasteiger partial charge on any atom is -0.373 e. The number of rotatable bonds is 5. The molecule has 1 amide bonds. The molecule has 0 spiro atoms. The molecule has 0 bridgehead atoms. The smallest absolute Gasteiger partial charge is 0.256 e. The molecule has 1 saturated heterocycles. The zero-order valence-corrected chi connectivity index (χ0v) is 17.4. The number of amides is 1. The maximum absolute atomic E-state index is 12.5. The van der Waals surface area contributed by atoms with E-state index in [4.69, 9.17) is 4.74 Å². The van der Waals surface area contributed by atoms with Gasteiger partial charge in [-0.2, -0.15) is 4.31 Å². The van der Waals surface area contributed by atoms with E-state index < -0.39 is 26.0 Å². The highest BCUT2D eigenvalue weighted by Gasteiger charge is 2.32. The molecular weight excluding hydrogens is 408 g/mol. The van der Waals surface area contributed by atoms with Gasteiger partial charge in [0.15, 0.2) is 5.84 Å². The third-order valence-corrected chi connectivity index (χ3v) is 7.48. The Hall–Kier alpha value is -1.76. The molecule has 1 N–H and O–H groups in total. The lowest BCUT2D eigenvalue weighted by molar-refractivity contribution is -0.116. The summed E-state index contributed by atoms with van der Waals surface area (Å²) >= 11 is 0. The van der Waals surface area contributed by atoms with Gasteiger partial charge in [0.05, 0.1) is 29.3 Å². The van der Waals surface area contributed by atoms with Crippen LogP contribution in [-0.2, 0) is 29.6 Å². The fraction of sp³-hybridized carbons (Fsp3) is 0.625. The van der Waals surface area contributed by atoms with Gasteiger partial charge < -0.3 is 15.0 Å². The number of morpholine rings is 1. The van der Waals surface area contributed by atoms with Gasteiger partial charge in [-0.15, -0.1) is 4.40 Å². The Morgan fingerprint density at radius 2 is 2.00 bits per heavy atom. The molecule has 0 aromatic carbocycles. The number of sulfonamides is 2. The predicted molar refractivity (Wildman–Crippen MR) is 104 cm³/mol. The van der Waals surface area contributed by atoms with E-state index in [0.717, 1.165) is 0 Å². The average Bonchev–Trinajstić information content (AvgIpc) is 2.59. The van der Waals surface area contributed by atoms with Crippen molar-refractivity contribution in [2.75, 3.05) is 37.7 Å². The molecule has 156 valence electrons. The summed E-state index contributed by atoms with van der Waals surface area (Å²) in [5.41, 5.74) is 0.0942. The predicted octanol–water partition coefficient (Wildman–Crippen LogP) is -0.961. The first-order chi connectivity index (χ1) is 13.1. The van der Waals surface area contributed by atoms with E-state index >= 15 is 0 Å². The Morgan fingerprint density at radius 3 is 2.68 bits per heavy atom. The molecule has 2 unspecified atom stereocenters. The van der Waals surface area contributed by atoms with Gasteiger partial charge in [-0.1, -0.05) is 0 Å². The van der Waals surface area contributed by atoms with E-state index in [2.05, 4.69) is 9.71 Å². The van der Waals surface area contributed by atoms with Crippen molar-refractivity contribution in [1.82, 2.24) is 14.5 Å². The third kappa shape index (κ3) is 4.80. The molecule has 10 nitrogen and oxygen atoms in total. The number of carbonyl (C=O) groups is 1. The van der Waals surface area contributed by atoms with E-state index in [0.29, 0.717) is 0 Å². The average molecular weight is 433 g/mol. The number of carbonyl (C=O) groups excluding carboxylic acids is 1. The van der Waals surface area contributed by atoms with Crippen LogP contribution in [0.3, 0.4) is 0 Å². The van der Waals surface area contributed by atoms with Gasteiger partial charge in [0.2, 0.25) is 10.0 Å². The van der Waals surface area contributed by atoms with Gasteiger partial charge in [-0.25, -0.2) is 16.8 Å². The summed E-state index contributed by atoms with van der Waals surface area (Å²) in [6.07, 6.45) is 4.36. The molecule has 0 radical (unpaired) electrons. The van der Waals surface area contributed by atoms with Gasteiger partial charge in [0.1, 0.15) is 0 Å². The summed E-state index contributed by atoms with van der Waals surface area (Å²) < 4.78 is 59.2. The van der Waals surface area contributed by atoms with Crippen LogP contribution in [0.5, 0.6) is 0 Å². The summed E-state index contributed by atoms with van der Waals surface area (Å²) in [4.78, 5) is 14.1. The van der Waals surface area contributed by atoms with Crippen LogP contribution in [0.1, 0.15) is 13.8 Å². The Kier molecular flexibility index (Phi) is 5.94. The molecular formula is C16H24N4O6S2. The second kappa shape index (κ2) is 7.93. The molecule has 1 fully saturated rings. The normalized spacial score (nSPS) is 27.6. The summed E-state index contributed by atoms with van der Waals surface area (Å²) in [7, 11) is -7.16. The maximum atomic E-state index is 12.5. The van der Waals surface area contributed by atoms with E-state index in [1.54, 1.807) is 17.2 Å². The monoisotopic (exact) mass is 432 g/mol. The van der Waals surface area contributed by atoms with Crippen molar-refractivity contribution in [3.05, 3.63) is 23.9 Å². The molecule has 12 heteroatoms. The number of nitrogens with zero attached hydrogens (tertiary/aromatic N) is 3. The first kappa shape index (κ1) is 21.0. The minimum absolute atomic E-state index is 0.0601. The quantitative estimate of drug-likeness (QED) is 0.593. The SMILES string of the molecule is CC1CN(S(=O)(=O)CCNC(=O)C2=CC=CN3CCS(=O)(=O)N=C23)CC(C)O1. The lowest BCUT2D eigenvalue weighted by Gasteiger charge is -2.34. The Labute approximate surface area is 165 Å². The van der Waals surface area contributed by atoms with Crippen LogP contribution < -0.4 is 5.32 Å². The van der Waals surface area contributed by atoms with Crippen LogP contribution in [0, 0.1) is 0 Å². The van der Waals surface area contributed by atoms with Crippen molar-refractivity contribution in [2.45, 2.75) is 26.1 Å². The Morgan fingerprint density at radius 1 is 1.32 bits per heavy atom. The molecule has 0 aliphatic carbocycles. The first-order valence-electron chi connectivity index (χ1n) is 8.97. The first-order valence-corrected chi connectivity index (χ1v) is 12.2. The number of hydrogen-bond donors (Lipinski definition) is 1. The molecule has 0 aromatic heterocycles. The Balaban J connectivity index is 1.62. The van der Waals surface area contributed by atoms with Gasteiger partial charge in [-0.05, 0) is 26.0 Å². The van der Waals surface area contributed by atoms with Gasteiger partial charge in [0.25, 0.3) is 15.9 Å². The van der Waals surface area contributed by atoms with Crippen molar-refractivity contribution in [3.8, 4) is 0 Å². The molecule has 28 heavy (non-hydrogen) atoms. The minimum atomic E-state index is -3.61. The molecule has 2 atom stereocenters. The number of hydrogen-bond acceptors (Lipinski definition) is 7. The lowest BCUT2D eigenvalue weighted by atomic mass is 10.1. The standard InChI is InChI=1S/C16H24N4O6S2/c1-12-10-20(11-13(2)26-12)28(24,25)8-5-17-16(21)14-4-3-6-19-7-9-27(22,23)18-15(14)19/h3-4,6,12-13H,5,7-11H2,1-2H3,(H,17,21). The number of fused-ring (bicyclic) bond motifs is 1.